The van der Waals surface area contributed by atoms with Crippen molar-refractivity contribution in [1.29, 1.82) is 0 Å². The van der Waals surface area contributed by atoms with Gasteiger partial charge in [-0.2, -0.15) is 0 Å². The van der Waals surface area contributed by atoms with Crippen molar-refractivity contribution in [1.82, 2.24) is 4.57 Å². The molecule has 0 atom stereocenters. The maximum absolute atomic E-state index is 6.12. The van der Waals surface area contributed by atoms with Crippen LogP contribution in [-0.2, 0) is 5.41 Å². The monoisotopic (exact) mass is 692 g/mol. The van der Waals surface area contributed by atoms with E-state index in [0.29, 0.717) is 0 Å². The van der Waals surface area contributed by atoms with Crippen LogP contribution in [0.5, 0.6) is 0 Å². The normalized spacial score (nSPS) is 13.1. The summed E-state index contributed by atoms with van der Waals surface area (Å²) in [7, 11) is 0. The Balaban J connectivity index is 1.04. The van der Waals surface area contributed by atoms with Gasteiger partial charge in [-0.15, -0.1) is 0 Å². The van der Waals surface area contributed by atoms with Crippen molar-refractivity contribution in [2.45, 2.75) is 19.3 Å². The molecule has 0 bridgehead atoms. The van der Waals surface area contributed by atoms with Crippen LogP contribution in [0.4, 0.5) is 17.1 Å². The van der Waals surface area contributed by atoms with Crippen LogP contribution in [0.25, 0.3) is 71.7 Å². The average molecular weight is 693 g/mol. The zero-order valence-electron chi connectivity index (χ0n) is 30.1. The van der Waals surface area contributed by atoms with E-state index in [-0.39, 0.29) is 5.41 Å². The molecule has 3 heteroatoms. The van der Waals surface area contributed by atoms with Crippen LogP contribution in [0.2, 0.25) is 0 Å². The fourth-order valence-electron chi connectivity index (χ4n) is 8.94. The molecule has 0 unspecified atom stereocenters. The Morgan fingerprint density at radius 2 is 0.981 bits per heavy atom. The molecule has 0 radical (unpaired) electrons. The quantitative estimate of drug-likeness (QED) is 0.179. The van der Waals surface area contributed by atoms with Crippen LogP contribution in [0, 0.1) is 0 Å². The number of benzene rings is 8. The second-order valence-electron chi connectivity index (χ2n) is 15.0. The van der Waals surface area contributed by atoms with E-state index in [0.717, 1.165) is 50.3 Å². The number of para-hydroxylation sites is 3. The Kier molecular flexibility index (Phi) is 6.60. The van der Waals surface area contributed by atoms with Crippen molar-refractivity contribution in [3.8, 4) is 27.9 Å². The standard InChI is InChI=1S/C51H36N2O/c1-51(2)45-15-7-3-11-39(45)40-29-28-38(32-46(40)51)52(35-22-19-33(20-23-35)34-21-30-50-44(31-34)43-14-6-10-18-49(43)54-50)36-24-26-37(27-25-36)53-47-16-8-4-12-41(47)42-13-5-9-17-48(42)53/h3-32H,1-2H3. The molecule has 2 aromatic heterocycles. The van der Waals surface area contributed by atoms with Gasteiger partial charge in [0.05, 0.1) is 11.0 Å². The molecule has 0 saturated carbocycles. The minimum absolute atomic E-state index is 0.103. The molecule has 10 aromatic rings. The molecule has 1 aliphatic carbocycles. The van der Waals surface area contributed by atoms with E-state index in [4.69, 9.17) is 4.42 Å². The van der Waals surface area contributed by atoms with Crippen molar-refractivity contribution in [3.05, 3.63) is 193 Å². The number of nitrogens with zero attached hydrogens (tertiary/aromatic N) is 2. The van der Waals surface area contributed by atoms with E-state index in [1.807, 2.05) is 12.1 Å². The van der Waals surface area contributed by atoms with Gasteiger partial charge < -0.3 is 13.9 Å². The molecule has 2 heterocycles. The minimum atomic E-state index is -0.103. The van der Waals surface area contributed by atoms with Crippen LogP contribution < -0.4 is 4.90 Å². The number of hydrogen-bond donors (Lipinski definition) is 0. The number of aromatic nitrogens is 1. The van der Waals surface area contributed by atoms with Gasteiger partial charge in [-0.1, -0.05) is 117 Å². The SMILES string of the molecule is CC1(C)c2ccccc2-c2ccc(N(c3ccc(-c4ccc5oc6ccccc6c5c4)cc3)c3ccc(-n4c5ccccc5c5ccccc54)cc3)cc21. The minimum Gasteiger partial charge on any atom is -0.456 e. The summed E-state index contributed by atoms with van der Waals surface area (Å²) in [5, 5.41) is 4.81. The molecule has 0 N–H and O–H groups in total. The van der Waals surface area contributed by atoms with Crippen molar-refractivity contribution < 1.29 is 4.42 Å². The number of anilines is 3. The fourth-order valence-corrected chi connectivity index (χ4v) is 8.94. The second kappa shape index (κ2) is 11.6. The summed E-state index contributed by atoms with van der Waals surface area (Å²) in [5.41, 5.74) is 16.3. The zero-order chi connectivity index (χ0) is 36.0. The number of rotatable bonds is 5. The summed E-state index contributed by atoms with van der Waals surface area (Å²) < 4.78 is 8.50. The van der Waals surface area contributed by atoms with Crippen LogP contribution in [0.15, 0.2) is 186 Å². The lowest BCUT2D eigenvalue weighted by atomic mass is 9.82. The zero-order valence-corrected chi connectivity index (χ0v) is 30.1. The molecule has 54 heavy (non-hydrogen) atoms. The lowest BCUT2D eigenvalue weighted by Crippen LogP contribution is -2.16. The van der Waals surface area contributed by atoms with E-state index >= 15 is 0 Å². The molecule has 0 amide bonds. The Bertz CT molecular complexity index is 3020. The van der Waals surface area contributed by atoms with E-state index in [1.165, 1.54) is 49.6 Å². The number of hydrogen-bond acceptors (Lipinski definition) is 2. The van der Waals surface area contributed by atoms with Crippen molar-refractivity contribution in [3.63, 3.8) is 0 Å². The largest absolute Gasteiger partial charge is 0.456 e. The Morgan fingerprint density at radius 3 is 1.72 bits per heavy atom. The maximum atomic E-state index is 6.12. The average Bonchev–Trinajstić information content (AvgIpc) is 3.84. The summed E-state index contributed by atoms with van der Waals surface area (Å²) in [6, 6.07) is 66.0. The van der Waals surface area contributed by atoms with Gasteiger partial charge in [-0.05, 0) is 112 Å². The van der Waals surface area contributed by atoms with E-state index in [2.05, 4.69) is 193 Å². The summed E-state index contributed by atoms with van der Waals surface area (Å²) in [6.07, 6.45) is 0. The van der Waals surface area contributed by atoms with Gasteiger partial charge >= 0.3 is 0 Å². The third-order valence-corrected chi connectivity index (χ3v) is 11.6. The van der Waals surface area contributed by atoms with E-state index in [9.17, 15) is 0 Å². The van der Waals surface area contributed by atoms with Gasteiger partial charge in [0.2, 0.25) is 0 Å². The predicted molar refractivity (Wildman–Crippen MR) is 226 cm³/mol. The molecule has 0 spiro atoms. The first-order valence-electron chi connectivity index (χ1n) is 18.7. The summed E-state index contributed by atoms with van der Waals surface area (Å²) >= 11 is 0. The highest BCUT2D eigenvalue weighted by Crippen LogP contribution is 2.50. The molecule has 11 rings (SSSR count). The highest BCUT2D eigenvalue weighted by molar-refractivity contribution is 6.09. The summed E-state index contributed by atoms with van der Waals surface area (Å²) in [5.74, 6) is 0. The first-order chi connectivity index (χ1) is 26.5. The molecule has 3 nitrogen and oxygen atoms in total. The highest BCUT2D eigenvalue weighted by Gasteiger charge is 2.35. The molecule has 256 valence electrons. The molecule has 0 saturated heterocycles. The second-order valence-corrected chi connectivity index (χ2v) is 15.0. The lowest BCUT2D eigenvalue weighted by molar-refractivity contribution is 0.660. The Morgan fingerprint density at radius 1 is 0.426 bits per heavy atom. The Hall–Kier alpha value is -6.84. The van der Waals surface area contributed by atoms with Gasteiger partial charge in [0, 0.05) is 49.7 Å². The van der Waals surface area contributed by atoms with Crippen molar-refractivity contribution in [2.75, 3.05) is 4.90 Å². The number of furan rings is 1. The topological polar surface area (TPSA) is 21.3 Å². The van der Waals surface area contributed by atoms with Crippen LogP contribution in [0.1, 0.15) is 25.0 Å². The Labute approximate surface area is 314 Å². The van der Waals surface area contributed by atoms with E-state index in [1.54, 1.807) is 0 Å². The highest BCUT2D eigenvalue weighted by atomic mass is 16.3. The first kappa shape index (κ1) is 30.8. The first-order valence-corrected chi connectivity index (χ1v) is 18.7. The smallest absolute Gasteiger partial charge is 0.135 e. The third kappa shape index (κ3) is 4.55. The number of fused-ring (bicyclic) bond motifs is 9. The predicted octanol–water partition coefficient (Wildman–Crippen LogP) is 14.1. The van der Waals surface area contributed by atoms with Crippen LogP contribution in [0.3, 0.4) is 0 Å². The lowest BCUT2D eigenvalue weighted by Gasteiger charge is -2.28. The van der Waals surface area contributed by atoms with E-state index < -0.39 is 0 Å². The van der Waals surface area contributed by atoms with Gasteiger partial charge in [0.25, 0.3) is 0 Å². The van der Waals surface area contributed by atoms with Crippen molar-refractivity contribution >= 4 is 60.8 Å². The van der Waals surface area contributed by atoms with Crippen molar-refractivity contribution in [2.24, 2.45) is 0 Å². The van der Waals surface area contributed by atoms with Crippen LogP contribution in [-0.4, -0.2) is 4.57 Å². The molecule has 8 aromatic carbocycles. The van der Waals surface area contributed by atoms with Crippen LogP contribution >= 0.6 is 0 Å². The fraction of sp³-hybridized carbons (Fsp3) is 0.0588. The molecular weight excluding hydrogens is 657 g/mol. The summed E-state index contributed by atoms with van der Waals surface area (Å²) in [4.78, 5) is 2.39. The third-order valence-electron chi connectivity index (χ3n) is 11.6. The molecule has 1 aliphatic rings. The molecule has 0 fully saturated rings. The van der Waals surface area contributed by atoms with Gasteiger partial charge in [-0.3, -0.25) is 0 Å². The summed E-state index contributed by atoms with van der Waals surface area (Å²) in [6.45, 7) is 4.70. The maximum Gasteiger partial charge on any atom is 0.135 e. The van der Waals surface area contributed by atoms with Gasteiger partial charge in [0.15, 0.2) is 0 Å². The van der Waals surface area contributed by atoms with Gasteiger partial charge in [-0.25, -0.2) is 0 Å². The van der Waals surface area contributed by atoms with Gasteiger partial charge in [0.1, 0.15) is 11.2 Å². The molecular formula is C51H36N2O. The molecule has 0 aliphatic heterocycles.